The molecule has 1 heterocycles. The van der Waals surface area contributed by atoms with Crippen molar-refractivity contribution in [1.82, 2.24) is 9.62 Å². The van der Waals surface area contributed by atoms with E-state index in [1.54, 1.807) is 20.8 Å². The van der Waals surface area contributed by atoms with Gasteiger partial charge in [-0.05, 0) is 26.3 Å². The lowest BCUT2D eigenvalue weighted by atomic mass is 10.1. The highest BCUT2D eigenvalue weighted by Crippen LogP contribution is 2.25. The van der Waals surface area contributed by atoms with E-state index in [4.69, 9.17) is 9.47 Å². The Kier molecular flexibility index (Phi) is 7.59. The van der Waals surface area contributed by atoms with Crippen molar-refractivity contribution in [2.24, 2.45) is 0 Å². The molecule has 2 rings (SSSR count). The Morgan fingerprint density at radius 1 is 1.20 bits per heavy atom. The first-order chi connectivity index (χ1) is 13.9. The van der Waals surface area contributed by atoms with Crippen LogP contribution in [-0.4, -0.2) is 67.7 Å². The van der Waals surface area contributed by atoms with E-state index in [2.05, 4.69) is 5.32 Å². The maximum absolute atomic E-state index is 12.5. The third-order valence-electron chi connectivity index (χ3n) is 4.40. The van der Waals surface area contributed by atoms with Crippen LogP contribution in [0.4, 0.5) is 0 Å². The molecule has 0 bridgehead atoms. The summed E-state index contributed by atoms with van der Waals surface area (Å²) in [6.45, 7) is 4.59. The molecule has 0 saturated carbocycles. The van der Waals surface area contributed by atoms with Gasteiger partial charge in [0.15, 0.2) is 0 Å². The standard InChI is InChI=1S/C20H28N2O7S/c1-20(2,3)29-18(24)12-22-15(13-30(22,26)27)11-17(23)21-16(19(25)28-4)10-14-8-6-5-7-9-14/h5-9,15-16H,10-13H2,1-4H3,(H,21,23). The summed E-state index contributed by atoms with van der Waals surface area (Å²) in [5.74, 6) is -2.03. The lowest BCUT2D eigenvalue weighted by Gasteiger charge is -2.39. The number of hydrogen-bond acceptors (Lipinski definition) is 7. The molecule has 1 aromatic carbocycles. The van der Waals surface area contributed by atoms with E-state index in [1.807, 2.05) is 30.3 Å². The third kappa shape index (κ3) is 6.81. The minimum absolute atomic E-state index is 0.176. The molecule has 166 valence electrons. The molecule has 1 aliphatic heterocycles. The van der Waals surface area contributed by atoms with Crippen molar-refractivity contribution in [2.45, 2.75) is 51.3 Å². The first-order valence-corrected chi connectivity index (χ1v) is 11.1. The molecule has 2 unspecified atom stereocenters. The number of amides is 1. The second-order valence-electron chi connectivity index (χ2n) is 8.10. The molecule has 1 saturated heterocycles. The van der Waals surface area contributed by atoms with Crippen molar-refractivity contribution >= 4 is 27.9 Å². The summed E-state index contributed by atoms with van der Waals surface area (Å²) in [7, 11) is -2.38. The highest BCUT2D eigenvalue weighted by atomic mass is 32.2. The molecule has 0 aliphatic carbocycles. The normalized spacial score (nSPS) is 19.3. The molecular weight excluding hydrogens is 412 g/mol. The van der Waals surface area contributed by atoms with Crippen LogP contribution in [-0.2, 0) is 40.3 Å². The Balaban J connectivity index is 1.98. The van der Waals surface area contributed by atoms with E-state index in [-0.39, 0.29) is 18.6 Å². The van der Waals surface area contributed by atoms with Crippen LogP contribution in [0.3, 0.4) is 0 Å². The number of carbonyl (C=O) groups excluding carboxylic acids is 3. The Labute approximate surface area is 176 Å². The Morgan fingerprint density at radius 2 is 1.83 bits per heavy atom. The number of nitrogens with one attached hydrogen (secondary N) is 1. The zero-order valence-corrected chi connectivity index (χ0v) is 18.4. The Hall–Kier alpha value is -2.46. The molecule has 2 atom stereocenters. The molecule has 1 N–H and O–H groups in total. The fourth-order valence-electron chi connectivity index (χ4n) is 3.11. The summed E-state index contributed by atoms with van der Waals surface area (Å²) in [4.78, 5) is 36.5. The molecule has 1 aliphatic rings. The van der Waals surface area contributed by atoms with Gasteiger partial charge >= 0.3 is 11.9 Å². The van der Waals surface area contributed by atoms with Crippen molar-refractivity contribution in [2.75, 3.05) is 19.4 Å². The molecule has 1 fully saturated rings. The third-order valence-corrected chi connectivity index (χ3v) is 6.34. The Morgan fingerprint density at radius 3 is 2.37 bits per heavy atom. The van der Waals surface area contributed by atoms with Crippen LogP contribution in [0.5, 0.6) is 0 Å². The quantitative estimate of drug-likeness (QED) is 0.589. The van der Waals surface area contributed by atoms with Crippen molar-refractivity contribution in [3.8, 4) is 0 Å². The summed E-state index contributed by atoms with van der Waals surface area (Å²) in [6, 6.07) is 7.55. The topological polar surface area (TPSA) is 119 Å². The van der Waals surface area contributed by atoms with E-state index >= 15 is 0 Å². The van der Waals surface area contributed by atoms with Gasteiger partial charge in [-0.2, -0.15) is 4.31 Å². The Bertz CT molecular complexity index is 878. The summed E-state index contributed by atoms with van der Waals surface area (Å²) >= 11 is 0. The molecule has 1 aromatic rings. The summed E-state index contributed by atoms with van der Waals surface area (Å²) in [6.07, 6.45) is 0.0636. The fourth-order valence-corrected chi connectivity index (χ4v) is 4.73. The van der Waals surface area contributed by atoms with Gasteiger partial charge in [0.2, 0.25) is 15.9 Å². The van der Waals surface area contributed by atoms with Gasteiger partial charge in [0, 0.05) is 18.9 Å². The number of esters is 2. The van der Waals surface area contributed by atoms with E-state index in [0.717, 1.165) is 9.87 Å². The number of sulfonamides is 1. The molecule has 1 amide bonds. The maximum Gasteiger partial charge on any atom is 0.328 e. The SMILES string of the molecule is COC(=O)C(Cc1ccccc1)NC(=O)CC1CS(=O)(=O)N1CC(=O)OC(C)(C)C. The van der Waals surface area contributed by atoms with Crippen LogP contribution in [0.1, 0.15) is 32.8 Å². The van der Waals surface area contributed by atoms with Gasteiger partial charge in [0.05, 0.1) is 12.9 Å². The van der Waals surface area contributed by atoms with Gasteiger partial charge in [-0.3, -0.25) is 9.59 Å². The molecule has 10 heteroatoms. The van der Waals surface area contributed by atoms with Crippen LogP contribution in [0, 0.1) is 0 Å². The summed E-state index contributed by atoms with van der Waals surface area (Å²) in [5, 5.41) is 2.60. The number of rotatable bonds is 8. The fraction of sp³-hybridized carbons (Fsp3) is 0.550. The minimum atomic E-state index is -3.60. The first-order valence-electron chi connectivity index (χ1n) is 9.54. The second kappa shape index (κ2) is 9.57. The number of methoxy groups -OCH3 is 1. The smallest absolute Gasteiger partial charge is 0.328 e. The van der Waals surface area contributed by atoms with E-state index in [9.17, 15) is 22.8 Å². The number of hydrogen-bond donors (Lipinski definition) is 1. The summed E-state index contributed by atoms with van der Waals surface area (Å²) in [5.41, 5.74) is 0.0926. The van der Waals surface area contributed by atoms with E-state index in [1.165, 1.54) is 7.11 Å². The lowest BCUT2D eigenvalue weighted by Crippen LogP contribution is -2.60. The molecule has 0 radical (unpaired) electrons. The van der Waals surface area contributed by atoms with Gasteiger partial charge in [0.25, 0.3) is 0 Å². The van der Waals surface area contributed by atoms with E-state index < -0.39 is 52.1 Å². The van der Waals surface area contributed by atoms with Gasteiger partial charge in [0.1, 0.15) is 18.2 Å². The van der Waals surface area contributed by atoms with Gasteiger partial charge in [-0.1, -0.05) is 30.3 Å². The van der Waals surface area contributed by atoms with Crippen LogP contribution in [0.15, 0.2) is 30.3 Å². The maximum atomic E-state index is 12.5. The zero-order chi connectivity index (χ0) is 22.5. The number of nitrogens with zero attached hydrogens (tertiary/aromatic N) is 1. The van der Waals surface area contributed by atoms with Crippen LogP contribution < -0.4 is 5.32 Å². The van der Waals surface area contributed by atoms with Gasteiger partial charge in [-0.25, -0.2) is 13.2 Å². The average Bonchev–Trinajstić information content (AvgIpc) is 2.64. The van der Waals surface area contributed by atoms with Crippen molar-refractivity contribution in [3.05, 3.63) is 35.9 Å². The van der Waals surface area contributed by atoms with Crippen molar-refractivity contribution in [1.29, 1.82) is 0 Å². The predicted octanol–water partition coefficient (Wildman–Crippen LogP) is 0.633. The second-order valence-corrected chi connectivity index (χ2v) is 10.1. The first kappa shape index (κ1) is 23.8. The van der Waals surface area contributed by atoms with Crippen molar-refractivity contribution in [3.63, 3.8) is 0 Å². The van der Waals surface area contributed by atoms with Gasteiger partial charge < -0.3 is 14.8 Å². The number of benzene rings is 1. The van der Waals surface area contributed by atoms with Crippen LogP contribution in [0.2, 0.25) is 0 Å². The van der Waals surface area contributed by atoms with Crippen LogP contribution in [0.25, 0.3) is 0 Å². The number of ether oxygens (including phenoxy) is 2. The average molecular weight is 441 g/mol. The summed E-state index contributed by atoms with van der Waals surface area (Å²) < 4.78 is 35.0. The molecule has 0 aromatic heterocycles. The minimum Gasteiger partial charge on any atom is -0.467 e. The predicted molar refractivity (Wildman–Crippen MR) is 109 cm³/mol. The lowest BCUT2D eigenvalue weighted by molar-refractivity contribution is -0.155. The van der Waals surface area contributed by atoms with Crippen LogP contribution >= 0.6 is 0 Å². The molecule has 0 spiro atoms. The van der Waals surface area contributed by atoms with E-state index in [0.29, 0.717) is 0 Å². The molecular formula is C20H28N2O7S. The van der Waals surface area contributed by atoms with Gasteiger partial charge in [-0.15, -0.1) is 0 Å². The highest BCUT2D eigenvalue weighted by molar-refractivity contribution is 7.90. The molecule has 30 heavy (non-hydrogen) atoms. The highest BCUT2D eigenvalue weighted by Gasteiger charge is 2.45. The largest absolute Gasteiger partial charge is 0.467 e. The number of carbonyl (C=O) groups is 3. The monoisotopic (exact) mass is 440 g/mol. The van der Waals surface area contributed by atoms with Crippen molar-refractivity contribution < 1.29 is 32.3 Å². The zero-order valence-electron chi connectivity index (χ0n) is 17.6. The molecule has 9 nitrogen and oxygen atoms in total.